The van der Waals surface area contributed by atoms with Gasteiger partial charge in [0.2, 0.25) is 0 Å². The van der Waals surface area contributed by atoms with E-state index in [2.05, 4.69) is 12.2 Å². The maximum atomic E-state index is 12.1. The largest absolute Gasteiger partial charge is 0.388 e. The van der Waals surface area contributed by atoms with Gasteiger partial charge in [-0.25, -0.2) is 0 Å². The molecule has 3 nitrogen and oxygen atoms in total. The van der Waals surface area contributed by atoms with Crippen LogP contribution in [0.5, 0.6) is 0 Å². The fourth-order valence-electron chi connectivity index (χ4n) is 2.70. The maximum absolute atomic E-state index is 12.1. The highest BCUT2D eigenvalue weighted by Gasteiger charge is 2.28. The second-order valence-electron chi connectivity index (χ2n) is 5.45. The number of aryl methyl sites for hydroxylation is 1. The molecular weight excluding hydrogens is 258 g/mol. The zero-order valence-electron chi connectivity index (χ0n) is 11.6. The number of hydrogen-bond donors (Lipinski definition) is 2. The van der Waals surface area contributed by atoms with E-state index in [-0.39, 0.29) is 5.91 Å². The van der Waals surface area contributed by atoms with Gasteiger partial charge in [0.05, 0.1) is 10.5 Å². The Bertz CT molecular complexity index is 420. The summed E-state index contributed by atoms with van der Waals surface area (Å²) in [5.74, 6) is -0.0375. The van der Waals surface area contributed by atoms with Crippen LogP contribution >= 0.6 is 11.3 Å². The SMILES string of the molecule is CCc1ccsc1C(=O)NCC1(O)CCCCCC1. The van der Waals surface area contributed by atoms with Crippen molar-refractivity contribution in [3.05, 3.63) is 21.9 Å². The van der Waals surface area contributed by atoms with Crippen LogP contribution in [0.1, 0.15) is 60.7 Å². The van der Waals surface area contributed by atoms with Crippen molar-refractivity contribution in [2.24, 2.45) is 0 Å². The van der Waals surface area contributed by atoms with Gasteiger partial charge < -0.3 is 10.4 Å². The third-order valence-electron chi connectivity index (χ3n) is 3.95. The van der Waals surface area contributed by atoms with E-state index in [1.807, 2.05) is 11.4 Å². The second-order valence-corrected chi connectivity index (χ2v) is 6.37. The van der Waals surface area contributed by atoms with E-state index in [9.17, 15) is 9.90 Å². The number of amides is 1. The fourth-order valence-corrected chi connectivity index (χ4v) is 3.61. The minimum absolute atomic E-state index is 0.0375. The minimum atomic E-state index is -0.699. The predicted molar refractivity (Wildman–Crippen MR) is 78.7 cm³/mol. The number of rotatable bonds is 4. The van der Waals surface area contributed by atoms with Crippen LogP contribution in [0.15, 0.2) is 11.4 Å². The van der Waals surface area contributed by atoms with Gasteiger partial charge in [-0.3, -0.25) is 4.79 Å². The maximum Gasteiger partial charge on any atom is 0.261 e. The third kappa shape index (κ3) is 3.80. The van der Waals surface area contributed by atoms with Crippen molar-refractivity contribution in [2.75, 3.05) is 6.54 Å². The molecule has 1 aromatic rings. The van der Waals surface area contributed by atoms with E-state index in [1.165, 1.54) is 24.2 Å². The standard InChI is InChI=1S/C15H23NO2S/c1-2-12-7-10-19-13(12)14(17)16-11-15(18)8-5-3-4-6-9-15/h7,10,18H,2-6,8-9,11H2,1H3,(H,16,17). The summed E-state index contributed by atoms with van der Waals surface area (Å²) in [5.41, 5.74) is 0.394. The lowest BCUT2D eigenvalue weighted by Gasteiger charge is -2.26. The van der Waals surface area contributed by atoms with Gasteiger partial charge in [0.25, 0.3) is 5.91 Å². The van der Waals surface area contributed by atoms with Gasteiger partial charge in [0, 0.05) is 6.54 Å². The van der Waals surface area contributed by atoms with Crippen LogP contribution in [0.2, 0.25) is 0 Å². The molecule has 106 valence electrons. The quantitative estimate of drug-likeness (QED) is 0.833. The Balaban J connectivity index is 1.92. The highest BCUT2D eigenvalue weighted by molar-refractivity contribution is 7.12. The summed E-state index contributed by atoms with van der Waals surface area (Å²) in [6.07, 6.45) is 6.99. The molecule has 1 aromatic heterocycles. The number of thiophene rings is 1. The first-order chi connectivity index (χ1) is 9.14. The van der Waals surface area contributed by atoms with Gasteiger partial charge in [-0.2, -0.15) is 0 Å². The molecule has 0 unspecified atom stereocenters. The summed E-state index contributed by atoms with van der Waals surface area (Å²) >= 11 is 1.48. The van der Waals surface area contributed by atoms with Crippen molar-refractivity contribution in [1.82, 2.24) is 5.32 Å². The first-order valence-electron chi connectivity index (χ1n) is 7.21. The van der Waals surface area contributed by atoms with Crippen LogP contribution in [0, 0.1) is 0 Å². The number of carbonyl (C=O) groups excluding carboxylic acids is 1. The molecule has 1 heterocycles. The van der Waals surface area contributed by atoms with Crippen molar-refractivity contribution < 1.29 is 9.90 Å². The van der Waals surface area contributed by atoms with E-state index < -0.39 is 5.60 Å². The Morgan fingerprint density at radius 3 is 2.68 bits per heavy atom. The molecule has 1 fully saturated rings. The molecular formula is C15H23NO2S. The second kappa shape index (κ2) is 6.53. The van der Waals surface area contributed by atoms with E-state index in [0.29, 0.717) is 6.54 Å². The summed E-state index contributed by atoms with van der Waals surface area (Å²) in [6, 6.07) is 2.00. The Morgan fingerprint density at radius 2 is 2.05 bits per heavy atom. The molecule has 1 amide bonds. The topological polar surface area (TPSA) is 49.3 Å². The number of aliphatic hydroxyl groups is 1. The zero-order chi connectivity index (χ0) is 13.7. The lowest BCUT2D eigenvalue weighted by molar-refractivity contribution is 0.0247. The molecule has 2 N–H and O–H groups in total. The lowest BCUT2D eigenvalue weighted by atomic mass is 9.94. The minimum Gasteiger partial charge on any atom is -0.388 e. The summed E-state index contributed by atoms with van der Waals surface area (Å²) in [6.45, 7) is 2.44. The molecule has 0 atom stereocenters. The molecule has 2 rings (SSSR count). The van der Waals surface area contributed by atoms with Crippen molar-refractivity contribution in [3.63, 3.8) is 0 Å². The molecule has 0 radical (unpaired) electrons. The highest BCUT2D eigenvalue weighted by Crippen LogP contribution is 2.26. The molecule has 1 aliphatic rings. The average Bonchev–Trinajstić information content (AvgIpc) is 2.79. The average molecular weight is 281 g/mol. The summed E-state index contributed by atoms with van der Waals surface area (Å²) in [5, 5.41) is 15.4. The van der Waals surface area contributed by atoms with Crippen molar-refractivity contribution in [1.29, 1.82) is 0 Å². The van der Waals surface area contributed by atoms with Gasteiger partial charge in [0.15, 0.2) is 0 Å². The van der Waals surface area contributed by atoms with Gasteiger partial charge in [-0.05, 0) is 36.3 Å². The fraction of sp³-hybridized carbons (Fsp3) is 0.667. The Labute approximate surface area is 119 Å². The third-order valence-corrected chi connectivity index (χ3v) is 4.90. The molecule has 0 bridgehead atoms. The molecule has 0 spiro atoms. The molecule has 1 saturated carbocycles. The Morgan fingerprint density at radius 1 is 1.37 bits per heavy atom. The molecule has 1 aliphatic carbocycles. The molecule has 19 heavy (non-hydrogen) atoms. The van der Waals surface area contributed by atoms with Crippen LogP contribution in [0.4, 0.5) is 0 Å². The summed E-state index contributed by atoms with van der Waals surface area (Å²) < 4.78 is 0. The van der Waals surface area contributed by atoms with Crippen LogP contribution in [0.25, 0.3) is 0 Å². The normalized spacial score (nSPS) is 18.8. The van der Waals surface area contributed by atoms with Crippen molar-refractivity contribution in [3.8, 4) is 0 Å². The zero-order valence-corrected chi connectivity index (χ0v) is 12.4. The van der Waals surface area contributed by atoms with E-state index >= 15 is 0 Å². The highest BCUT2D eigenvalue weighted by atomic mass is 32.1. The number of nitrogens with one attached hydrogen (secondary N) is 1. The molecule has 0 aliphatic heterocycles. The van der Waals surface area contributed by atoms with Gasteiger partial charge in [0.1, 0.15) is 0 Å². The van der Waals surface area contributed by atoms with Crippen LogP contribution in [-0.2, 0) is 6.42 Å². The van der Waals surface area contributed by atoms with Crippen LogP contribution < -0.4 is 5.32 Å². The Kier molecular flexibility index (Phi) is 4.99. The molecule has 0 saturated heterocycles. The Hall–Kier alpha value is -0.870. The van der Waals surface area contributed by atoms with E-state index in [4.69, 9.17) is 0 Å². The van der Waals surface area contributed by atoms with Crippen LogP contribution in [0.3, 0.4) is 0 Å². The first-order valence-corrected chi connectivity index (χ1v) is 8.09. The first kappa shape index (κ1) is 14.5. The molecule has 0 aromatic carbocycles. The molecule has 4 heteroatoms. The van der Waals surface area contributed by atoms with Gasteiger partial charge in [-0.15, -0.1) is 11.3 Å². The van der Waals surface area contributed by atoms with Gasteiger partial charge in [-0.1, -0.05) is 32.6 Å². The van der Waals surface area contributed by atoms with Crippen molar-refractivity contribution in [2.45, 2.75) is 57.5 Å². The number of carbonyl (C=O) groups is 1. The van der Waals surface area contributed by atoms with E-state index in [0.717, 1.165) is 42.5 Å². The summed E-state index contributed by atoms with van der Waals surface area (Å²) in [7, 11) is 0. The smallest absolute Gasteiger partial charge is 0.261 e. The lowest BCUT2D eigenvalue weighted by Crippen LogP contribution is -2.42. The van der Waals surface area contributed by atoms with Crippen molar-refractivity contribution >= 4 is 17.2 Å². The van der Waals surface area contributed by atoms with E-state index in [1.54, 1.807) is 0 Å². The number of hydrogen-bond acceptors (Lipinski definition) is 3. The monoisotopic (exact) mass is 281 g/mol. The van der Waals surface area contributed by atoms with Gasteiger partial charge >= 0.3 is 0 Å². The summed E-state index contributed by atoms with van der Waals surface area (Å²) in [4.78, 5) is 12.9. The van der Waals surface area contributed by atoms with Crippen LogP contribution in [-0.4, -0.2) is 23.2 Å². The predicted octanol–water partition coefficient (Wildman–Crippen LogP) is 3.13.